The van der Waals surface area contributed by atoms with Crippen LogP contribution in [0.4, 0.5) is 11.4 Å². The molecule has 1 unspecified atom stereocenters. The van der Waals surface area contributed by atoms with Crippen molar-refractivity contribution in [2.24, 2.45) is 0 Å². The molecule has 0 spiro atoms. The second kappa shape index (κ2) is 11.5. The zero-order valence-corrected chi connectivity index (χ0v) is 22.9. The van der Waals surface area contributed by atoms with Gasteiger partial charge in [0.15, 0.2) is 0 Å². The Morgan fingerprint density at radius 3 is 2.28 bits per heavy atom. The third kappa shape index (κ3) is 6.49. The van der Waals surface area contributed by atoms with E-state index in [2.05, 4.69) is 20.9 Å². The monoisotopic (exact) mass is 526 g/mol. The van der Waals surface area contributed by atoms with Crippen LogP contribution in [-0.4, -0.2) is 38.3 Å². The summed E-state index contributed by atoms with van der Waals surface area (Å²) in [6, 6.07) is 20.9. The first-order valence-corrected chi connectivity index (χ1v) is 12.9. The van der Waals surface area contributed by atoms with Crippen LogP contribution < -0.4 is 15.5 Å². The molecule has 202 valence electrons. The van der Waals surface area contributed by atoms with Crippen molar-refractivity contribution in [3.05, 3.63) is 83.9 Å². The number of amides is 3. The summed E-state index contributed by atoms with van der Waals surface area (Å²) in [7, 11) is 0. The van der Waals surface area contributed by atoms with Gasteiger partial charge in [-0.2, -0.15) is 0 Å². The van der Waals surface area contributed by atoms with Gasteiger partial charge < -0.3 is 10.6 Å². The molecule has 0 saturated heterocycles. The first kappa shape index (κ1) is 27.5. The van der Waals surface area contributed by atoms with E-state index in [9.17, 15) is 14.4 Å². The van der Waals surface area contributed by atoms with E-state index in [1.165, 1.54) is 16.5 Å². The highest BCUT2D eigenvalue weighted by Gasteiger charge is 2.35. The van der Waals surface area contributed by atoms with Gasteiger partial charge in [0.05, 0.1) is 5.52 Å². The Labute approximate surface area is 228 Å². The molecule has 0 aliphatic rings. The van der Waals surface area contributed by atoms with Gasteiger partial charge in [-0.25, -0.2) is 4.68 Å². The highest BCUT2D eigenvalue weighted by molar-refractivity contribution is 6.02. The van der Waals surface area contributed by atoms with Crippen LogP contribution in [0.15, 0.2) is 72.8 Å². The SMILES string of the molecule is CCC(C)(C)NC(=O)C(c1ccc(C)cc1)N(C(=O)Cn1nnc2ccccc21)c1ccc(NC(C)=O)cc1. The highest BCUT2D eigenvalue weighted by atomic mass is 16.2. The molecule has 9 nitrogen and oxygen atoms in total. The maximum absolute atomic E-state index is 14.1. The number of carbonyl (C=O) groups is 3. The molecule has 1 atom stereocenters. The molecular formula is C30H34N6O3. The fourth-order valence-electron chi connectivity index (χ4n) is 4.24. The fraction of sp³-hybridized carbons (Fsp3) is 0.300. The van der Waals surface area contributed by atoms with Gasteiger partial charge >= 0.3 is 0 Å². The Balaban J connectivity index is 1.81. The minimum absolute atomic E-state index is 0.124. The first-order valence-electron chi connectivity index (χ1n) is 12.9. The summed E-state index contributed by atoms with van der Waals surface area (Å²) in [5, 5.41) is 14.2. The van der Waals surface area contributed by atoms with Crippen LogP contribution in [0.2, 0.25) is 0 Å². The lowest BCUT2D eigenvalue weighted by Crippen LogP contribution is -2.51. The second-order valence-corrected chi connectivity index (χ2v) is 10.3. The molecule has 0 aliphatic carbocycles. The lowest BCUT2D eigenvalue weighted by atomic mass is 9.97. The minimum atomic E-state index is -0.953. The smallest absolute Gasteiger partial charge is 0.249 e. The lowest BCUT2D eigenvalue weighted by molar-refractivity contribution is -0.128. The van der Waals surface area contributed by atoms with Crippen LogP contribution in [-0.2, 0) is 20.9 Å². The number of aromatic nitrogens is 3. The summed E-state index contributed by atoms with van der Waals surface area (Å²) in [5.41, 5.74) is 3.72. The molecule has 1 heterocycles. The summed E-state index contributed by atoms with van der Waals surface area (Å²) in [5.74, 6) is -0.839. The molecule has 0 radical (unpaired) electrons. The standard InChI is InChI=1S/C30H34N6O3/c1-6-30(4,5)32-29(39)28(22-13-11-20(2)12-14-22)36(24-17-15-23(16-18-24)31-21(3)37)27(38)19-35-26-10-8-7-9-25(26)33-34-35/h7-18,28H,6,19H2,1-5H3,(H,31,37)(H,32,39). The predicted octanol–water partition coefficient (Wildman–Crippen LogP) is 4.78. The average molecular weight is 527 g/mol. The van der Waals surface area contributed by atoms with E-state index in [1.807, 2.05) is 76.2 Å². The summed E-state index contributed by atoms with van der Waals surface area (Å²) in [6.07, 6.45) is 0.712. The lowest BCUT2D eigenvalue weighted by Gasteiger charge is -2.34. The summed E-state index contributed by atoms with van der Waals surface area (Å²) in [4.78, 5) is 41.1. The molecule has 1 aromatic heterocycles. The second-order valence-electron chi connectivity index (χ2n) is 10.3. The van der Waals surface area contributed by atoms with Gasteiger partial charge in [0, 0.05) is 23.8 Å². The van der Waals surface area contributed by atoms with E-state index in [4.69, 9.17) is 0 Å². The van der Waals surface area contributed by atoms with Crippen molar-refractivity contribution in [1.29, 1.82) is 0 Å². The van der Waals surface area contributed by atoms with Crippen molar-refractivity contribution in [1.82, 2.24) is 20.3 Å². The van der Waals surface area contributed by atoms with Crippen molar-refractivity contribution < 1.29 is 14.4 Å². The zero-order chi connectivity index (χ0) is 28.2. The quantitative estimate of drug-likeness (QED) is 0.326. The summed E-state index contributed by atoms with van der Waals surface area (Å²) in [6.45, 7) is 9.18. The predicted molar refractivity (Wildman–Crippen MR) is 152 cm³/mol. The number of rotatable bonds is 9. The minimum Gasteiger partial charge on any atom is -0.349 e. The van der Waals surface area contributed by atoms with Gasteiger partial charge in [-0.15, -0.1) is 5.10 Å². The number of fused-ring (bicyclic) bond motifs is 1. The maximum Gasteiger partial charge on any atom is 0.249 e. The molecule has 0 saturated carbocycles. The molecule has 9 heteroatoms. The largest absolute Gasteiger partial charge is 0.349 e. The fourth-order valence-corrected chi connectivity index (χ4v) is 4.24. The first-order chi connectivity index (χ1) is 18.6. The maximum atomic E-state index is 14.1. The number of hydrogen-bond acceptors (Lipinski definition) is 5. The molecular weight excluding hydrogens is 492 g/mol. The third-order valence-electron chi connectivity index (χ3n) is 6.68. The van der Waals surface area contributed by atoms with Gasteiger partial charge in [-0.05, 0) is 69.2 Å². The molecule has 4 rings (SSSR count). The van der Waals surface area contributed by atoms with Crippen LogP contribution in [0.1, 0.15) is 51.3 Å². The molecule has 3 amide bonds. The average Bonchev–Trinajstić information content (AvgIpc) is 3.30. The number of benzene rings is 3. The van der Waals surface area contributed by atoms with Gasteiger partial charge in [0.2, 0.25) is 17.7 Å². The van der Waals surface area contributed by atoms with Crippen molar-refractivity contribution in [2.75, 3.05) is 10.2 Å². The molecule has 2 N–H and O–H groups in total. The van der Waals surface area contributed by atoms with Crippen LogP contribution >= 0.6 is 0 Å². The summed E-state index contributed by atoms with van der Waals surface area (Å²) >= 11 is 0. The number of hydrogen-bond donors (Lipinski definition) is 2. The Kier molecular flexibility index (Phi) is 8.09. The number of aryl methyl sites for hydroxylation is 1. The third-order valence-corrected chi connectivity index (χ3v) is 6.68. The van der Waals surface area contributed by atoms with E-state index in [1.54, 1.807) is 24.3 Å². The Morgan fingerprint density at radius 2 is 1.64 bits per heavy atom. The van der Waals surface area contributed by atoms with Gasteiger partial charge in [-0.1, -0.05) is 54.1 Å². The van der Waals surface area contributed by atoms with Crippen LogP contribution in [0.5, 0.6) is 0 Å². The van der Waals surface area contributed by atoms with Gasteiger partial charge in [0.25, 0.3) is 0 Å². The van der Waals surface area contributed by atoms with E-state index in [0.29, 0.717) is 28.9 Å². The number of carbonyl (C=O) groups excluding carboxylic acids is 3. The van der Waals surface area contributed by atoms with Crippen LogP contribution in [0.3, 0.4) is 0 Å². The van der Waals surface area contributed by atoms with E-state index in [0.717, 1.165) is 11.1 Å². The molecule has 4 aromatic rings. The Bertz CT molecular complexity index is 1470. The Hall–Kier alpha value is -4.53. The number of nitrogens with zero attached hydrogens (tertiary/aromatic N) is 4. The summed E-state index contributed by atoms with van der Waals surface area (Å²) < 4.78 is 1.54. The van der Waals surface area contributed by atoms with Crippen molar-refractivity contribution in [2.45, 2.75) is 59.2 Å². The van der Waals surface area contributed by atoms with Crippen LogP contribution in [0.25, 0.3) is 11.0 Å². The highest BCUT2D eigenvalue weighted by Crippen LogP contribution is 2.31. The normalized spacial score (nSPS) is 12.1. The Morgan fingerprint density at radius 1 is 0.974 bits per heavy atom. The van der Waals surface area contributed by atoms with Gasteiger partial charge in [-0.3, -0.25) is 19.3 Å². The zero-order valence-electron chi connectivity index (χ0n) is 22.9. The van der Waals surface area contributed by atoms with Crippen molar-refractivity contribution >= 4 is 40.1 Å². The molecule has 0 bridgehead atoms. The number of para-hydroxylation sites is 1. The van der Waals surface area contributed by atoms with E-state index >= 15 is 0 Å². The molecule has 0 fully saturated rings. The molecule has 39 heavy (non-hydrogen) atoms. The molecule has 3 aromatic carbocycles. The van der Waals surface area contributed by atoms with Crippen LogP contribution in [0, 0.1) is 6.92 Å². The number of nitrogens with one attached hydrogen (secondary N) is 2. The van der Waals surface area contributed by atoms with E-state index in [-0.39, 0.29) is 24.3 Å². The van der Waals surface area contributed by atoms with E-state index < -0.39 is 11.6 Å². The topological polar surface area (TPSA) is 109 Å². The van der Waals surface area contributed by atoms with Crippen molar-refractivity contribution in [3.8, 4) is 0 Å². The van der Waals surface area contributed by atoms with Crippen molar-refractivity contribution in [3.63, 3.8) is 0 Å². The number of anilines is 2. The molecule has 0 aliphatic heterocycles. The van der Waals surface area contributed by atoms with Gasteiger partial charge in [0.1, 0.15) is 18.1 Å².